The molecule has 0 bridgehead atoms. The van der Waals surface area contributed by atoms with E-state index in [9.17, 15) is 14.9 Å². The summed E-state index contributed by atoms with van der Waals surface area (Å²) in [5, 5.41) is 13.0. The normalized spacial score (nSPS) is 11.3. The van der Waals surface area contributed by atoms with Crippen molar-refractivity contribution in [2.45, 2.75) is 23.6 Å². The molecule has 178 valence electrons. The van der Waals surface area contributed by atoms with Gasteiger partial charge in [-0.25, -0.2) is 4.98 Å². The maximum Gasteiger partial charge on any atom is 0.248 e. The van der Waals surface area contributed by atoms with Crippen LogP contribution >= 0.6 is 11.8 Å². The van der Waals surface area contributed by atoms with Gasteiger partial charge in [-0.3, -0.25) is 9.59 Å². The maximum atomic E-state index is 13.1. The predicted molar refractivity (Wildman–Crippen MR) is 143 cm³/mol. The van der Waals surface area contributed by atoms with Crippen molar-refractivity contribution in [3.8, 4) is 28.5 Å². The average Bonchev–Trinajstić information content (AvgIpc) is 2.92. The summed E-state index contributed by atoms with van der Waals surface area (Å²) in [6.07, 6.45) is 0.526. The van der Waals surface area contributed by atoms with E-state index < -0.39 is 11.2 Å². The van der Waals surface area contributed by atoms with Crippen LogP contribution in [0.5, 0.6) is 0 Å². The molecule has 3 aromatic carbocycles. The molecule has 7 heteroatoms. The summed E-state index contributed by atoms with van der Waals surface area (Å²) in [6.45, 7) is 1.92. The lowest BCUT2D eigenvalue weighted by Gasteiger charge is -2.17. The minimum Gasteiger partial charge on any atom is -0.366 e. The lowest BCUT2D eigenvalue weighted by Crippen LogP contribution is -2.25. The van der Waals surface area contributed by atoms with Gasteiger partial charge in [0, 0.05) is 22.4 Å². The number of nitriles is 1. The number of benzene rings is 3. The van der Waals surface area contributed by atoms with E-state index in [2.05, 4.69) is 11.4 Å². The number of aromatic nitrogens is 1. The van der Waals surface area contributed by atoms with Crippen molar-refractivity contribution in [3.05, 3.63) is 102 Å². The smallest absolute Gasteiger partial charge is 0.248 e. The topological polar surface area (TPSA) is 109 Å². The molecule has 1 unspecified atom stereocenters. The van der Waals surface area contributed by atoms with Gasteiger partial charge in [-0.05, 0) is 42.3 Å². The summed E-state index contributed by atoms with van der Waals surface area (Å²) in [4.78, 5) is 29.3. The summed E-state index contributed by atoms with van der Waals surface area (Å²) in [6, 6.07) is 30.1. The highest BCUT2D eigenvalue weighted by atomic mass is 32.2. The van der Waals surface area contributed by atoms with Crippen molar-refractivity contribution in [3.63, 3.8) is 0 Å². The first-order valence-corrected chi connectivity index (χ1v) is 12.3. The van der Waals surface area contributed by atoms with Gasteiger partial charge in [0.15, 0.2) is 0 Å². The van der Waals surface area contributed by atoms with Gasteiger partial charge in [0.1, 0.15) is 11.1 Å². The lowest BCUT2D eigenvalue weighted by atomic mass is 9.99. The molecule has 1 atom stereocenters. The van der Waals surface area contributed by atoms with Gasteiger partial charge in [-0.1, -0.05) is 79.3 Å². The molecule has 0 spiro atoms. The minimum atomic E-state index is -0.530. The summed E-state index contributed by atoms with van der Waals surface area (Å²) in [5.74, 6) is -0.746. The van der Waals surface area contributed by atoms with E-state index in [1.807, 2.05) is 73.7 Å². The molecular formula is C29H24N4O2S. The van der Waals surface area contributed by atoms with Gasteiger partial charge in [0.25, 0.3) is 0 Å². The van der Waals surface area contributed by atoms with Crippen molar-refractivity contribution in [2.24, 2.45) is 5.73 Å². The fraction of sp³-hybridized carbons (Fsp3) is 0.103. The van der Waals surface area contributed by atoms with E-state index in [0.29, 0.717) is 28.3 Å². The maximum absolute atomic E-state index is 13.1. The molecule has 6 nitrogen and oxygen atoms in total. The van der Waals surface area contributed by atoms with Crippen molar-refractivity contribution >= 4 is 29.3 Å². The molecule has 0 aliphatic heterocycles. The second-order valence-corrected chi connectivity index (χ2v) is 9.22. The Kier molecular flexibility index (Phi) is 7.79. The van der Waals surface area contributed by atoms with Gasteiger partial charge in [0.2, 0.25) is 11.8 Å². The highest BCUT2D eigenvalue weighted by Gasteiger charge is 2.23. The Hall–Kier alpha value is -4.41. The Bertz CT molecular complexity index is 1420. The largest absolute Gasteiger partial charge is 0.366 e. The molecule has 2 amide bonds. The van der Waals surface area contributed by atoms with Gasteiger partial charge in [-0.15, -0.1) is 0 Å². The molecule has 0 saturated carbocycles. The molecule has 1 heterocycles. The molecular weight excluding hydrogens is 468 g/mol. The zero-order valence-corrected chi connectivity index (χ0v) is 20.5. The van der Waals surface area contributed by atoms with Gasteiger partial charge in [0.05, 0.1) is 16.5 Å². The van der Waals surface area contributed by atoms with E-state index in [0.717, 1.165) is 22.4 Å². The number of rotatable bonds is 8. The SMILES string of the molecule is CCC(Sc1nc(-c2ccccc2)cc(-c2ccccc2)c1C#N)C(=O)Nc1ccc(C(N)=O)cc1. The van der Waals surface area contributed by atoms with E-state index in [4.69, 9.17) is 10.7 Å². The number of pyridine rings is 1. The Morgan fingerprint density at radius 1 is 0.972 bits per heavy atom. The molecule has 0 aliphatic carbocycles. The number of amides is 2. The molecule has 0 aliphatic rings. The number of anilines is 1. The number of carbonyl (C=O) groups excluding carboxylic acids is 2. The zero-order chi connectivity index (χ0) is 25.5. The van der Waals surface area contributed by atoms with Crippen molar-refractivity contribution in [1.82, 2.24) is 4.98 Å². The van der Waals surface area contributed by atoms with E-state index in [1.165, 1.54) is 11.8 Å². The Balaban J connectivity index is 1.70. The fourth-order valence-electron chi connectivity index (χ4n) is 3.71. The molecule has 4 rings (SSSR count). The molecule has 0 fully saturated rings. The average molecular weight is 493 g/mol. The third kappa shape index (κ3) is 5.62. The van der Waals surface area contributed by atoms with Crippen molar-refractivity contribution in [2.75, 3.05) is 5.32 Å². The second-order valence-electron chi connectivity index (χ2n) is 8.02. The third-order valence-corrected chi connectivity index (χ3v) is 6.96. The van der Waals surface area contributed by atoms with Crippen LogP contribution in [0.4, 0.5) is 5.69 Å². The zero-order valence-electron chi connectivity index (χ0n) is 19.6. The number of carbonyl (C=O) groups is 2. The number of hydrogen-bond acceptors (Lipinski definition) is 5. The number of primary amides is 1. The number of nitrogens with zero attached hydrogens (tertiary/aromatic N) is 2. The molecule has 3 N–H and O–H groups in total. The minimum absolute atomic E-state index is 0.216. The number of hydrogen-bond donors (Lipinski definition) is 2. The Morgan fingerprint density at radius 3 is 2.14 bits per heavy atom. The van der Waals surface area contributed by atoms with Crippen LogP contribution in [-0.4, -0.2) is 22.0 Å². The van der Waals surface area contributed by atoms with E-state index >= 15 is 0 Å². The van der Waals surface area contributed by atoms with Crippen molar-refractivity contribution in [1.29, 1.82) is 5.26 Å². The van der Waals surface area contributed by atoms with Crippen LogP contribution in [0.3, 0.4) is 0 Å². The highest BCUT2D eigenvalue weighted by molar-refractivity contribution is 8.00. The van der Waals surface area contributed by atoms with Crippen molar-refractivity contribution < 1.29 is 9.59 Å². The summed E-state index contributed by atoms with van der Waals surface area (Å²) in [5.41, 5.74) is 9.98. The Morgan fingerprint density at radius 2 is 1.58 bits per heavy atom. The standard InChI is InChI=1S/C29H24N4O2S/c1-2-26(28(35)32-22-15-13-21(14-16-22)27(31)34)36-29-24(18-30)23(19-9-5-3-6-10-19)17-25(33-29)20-11-7-4-8-12-20/h3-17,26H,2H2,1H3,(H2,31,34)(H,32,35). The van der Waals surface area contributed by atoms with Crippen LogP contribution in [0.1, 0.15) is 29.3 Å². The van der Waals surface area contributed by atoms with Crippen LogP contribution in [0.25, 0.3) is 22.4 Å². The third-order valence-electron chi connectivity index (χ3n) is 5.61. The quantitative estimate of drug-likeness (QED) is 0.298. The fourth-order valence-corrected chi connectivity index (χ4v) is 4.74. The van der Waals surface area contributed by atoms with Gasteiger partial charge >= 0.3 is 0 Å². The van der Waals surface area contributed by atoms with E-state index in [1.54, 1.807) is 24.3 Å². The molecule has 0 saturated heterocycles. The van der Waals surface area contributed by atoms with Gasteiger partial charge in [-0.2, -0.15) is 5.26 Å². The lowest BCUT2D eigenvalue weighted by molar-refractivity contribution is -0.115. The molecule has 4 aromatic rings. The summed E-state index contributed by atoms with van der Waals surface area (Å²) < 4.78 is 0. The molecule has 0 radical (unpaired) electrons. The first-order chi connectivity index (χ1) is 17.5. The summed E-state index contributed by atoms with van der Waals surface area (Å²) in [7, 11) is 0. The first kappa shape index (κ1) is 24.7. The van der Waals surface area contributed by atoms with Crippen LogP contribution < -0.4 is 11.1 Å². The second kappa shape index (κ2) is 11.3. The number of nitrogens with one attached hydrogen (secondary N) is 1. The Labute approximate surface area is 214 Å². The first-order valence-electron chi connectivity index (χ1n) is 11.4. The van der Waals surface area contributed by atoms with Gasteiger partial charge < -0.3 is 11.1 Å². The van der Waals surface area contributed by atoms with Crippen LogP contribution in [0.15, 0.2) is 96.0 Å². The summed E-state index contributed by atoms with van der Waals surface area (Å²) >= 11 is 1.27. The van der Waals surface area contributed by atoms with E-state index in [-0.39, 0.29) is 5.91 Å². The van der Waals surface area contributed by atoms with Crippen LogP contribution in [0, 0.1) is 11.3 Å². The predicted octanol–water partition coefficient (Wildman–Crippen LogP) is 5.90. The number of thioether (sulfide) groups is 1. The molecule has 1 aromatic heterocycles. The van der Waals surface area contributed by atoms with Crippen LogP contribution in [-0.2, 0) is 4.79 Å². The molecule has 36 heavy (non-hydrogen) atoms. The highest BCUT2D eigenvalue weighted by Crippen LogP contribution is 2.36. The number of nitrogens with two attached hydrogens (primary N) is 1. The van der Waals surface area contributed by atoms with Crippen LogP contribution in [0.2, 0.25) is 0 Å². The monoisotopic (exact) mass is 492 g/mol.